The summed E-state index contributed by atoms with van der Waals surface area (Å²) in [4.78, 5) is 10.3. The van der Waals surface area contributed by atoms with Gasteiger partial charge in [-0.25, -0.2) is 8.42 Å². The van der Waals surface area contributed by atoms with Gasteiger partial charge in [-0.15, -0.1) is 0 Å². The summed E-state index contributed by atoms with van der Waals surface area (Å²) < 4.78 is 31.6. The molecule has 0 radical (unpaired) electrons. The number of hydrogen-bond acceptors (Lipinski definition) is 5. The molecule has 2 aromatic carbocycles. The molecule has 2 aromatic rings. The van der Waals surface area contributed by atoms with Crippen molar-refractivity contribution < 1.29 is 18.1 Å². The fraction of sp³-hybridized carbons (Fsp3) is 0.294. The van der Waals surface area contributed by atoms with Gasteiger partial charge in [0.1, 0.15) is 0 Å². The molecular weight excluding hydrogens is 344 g/mol. The van der Waals surface area contributed by atoms with Crippen LogP contribution in [-0.4, -0.2) is 31.8 Å². The fourth-order valence-corrected chi connectivity index (χ4v) is 3.67. The standard InChI is InChI=1S/C17H20N2O5S/c1-12-5-6-14(13(2)9-12)11-18(3)25(22,23)15-7-8-17(24-4)16(10-15)19(20)21/h5-10H,11H2,1-4H3. The van der Waals surface area contributed by atoms with Gasteiger partial charge in [-0.05, 0) is 37.1 Å². The molecule has 0 unspecified atom stereocenters. The predicted molar refractivity (Wildman–Crippen MR) is 94.2 cm³/mol. The first-order valence-corrected chi connectivity index (χ1v) is 8.95. The van der Waals surface area contributed by atoms with E-state index in [1.54, 1.807) is 0 Å². The third kappa shape index (κ3) is 3.97. The first kappa shape index (κ1) is 18.9. The second-order valence-corrected chi connectivity index (χ2v) is 7.83. The number of nitro benzene ring substituents is 1. The molecular formula is C17H20N2O5S. The molecule has 0 N–H and O–H groups in total. The molecule has 0 aliphatic carbocycles. The monoisotopic (exact) mass is 364 g/mol. The van der Waals surface area contributed by atoms with E-state index in [1.165, 1.54) is 30.6 Å². The second-order valence-electron chi connectivity index (χ2n) is 5.78. The molecule has 0 amide bonds. The van der Waals surface area contributed by atoms with Crippen LogP contribution in [0.4, 0.5) is 5.69 Å². The summed E-state index contributed by atoms with van der Waals surface area (Å²) in [6.07, 6.45) is 0. The highest BCUT2D eigenvalue weighted by molar-refractivity contribution is 7.89. The zero-order valence-electron chi connectivity index (χ0n) is 14.5. The van der Waals surface area contributed by atoms with Crippen LogP contribution in [0.25, 0.3) is 0 Å². The maximum absolute atomic E-state index is 12.8. The van der Waals surface area contributed by atoms with Gasteiger partial charge in [-0.1, -0.05) is 23.8 Å². The van der Waals surface area contributed by atoms with Gasteiger partial charge >= 0.3 is 5.69 Å². The van der Waals surface area contributed by atoms with Crippen molar-refractivity contribution in [2.45, 2.75) is 25.3 Å². The summed E-state index contributed by atoms with van der Waals surface area (Å²) in [6.45, 7) is 4.06. The molecule has 0 aromatic heterocycles. The topological polar surface area (TPSA) is 89.8 Å². The fourth-order valence-electron chi connectivity index (χ4n) is 2.50. The number of benzene rings is 2. The Balaban J connectivity index is 2.37. The molecule has 25 heavy (non-hydrogen) atoms. The van der Waals surface area contributed by atoms with Crippen molar-refractivity contribution in [3.63, 3.8) is 0 Å². The van der Waals surface area contributed by atoms with E-state index in [4.69, 9.17) is 4.74 Å². The number of sulfonamides is 1. The molecule has 0 bridgehead atoms. The normalized spacial score (nSPS) is 11.6. The van der Waals surface area contributed by atoms with Crippen molar-refractivity contribution in [2.75, 3.05) is 14.2 Å². The van der Waals surface area contributed by atoms with Gasteiger partial charge in [-0.2, -0.15) is 4.31 Å². The molecule has 7 nitrogen and oxygen atoms in total. The number of aryl methyl sites for hydroxylation is 2. The predicted octanol–water partition coefficient (Wildman–Crippen LogP) is 3.04. The first-order valence-electron chi connectivity index (χ1n) is 7.51. The average molecular weight is 364 g/mol. The largest absolute Gasteiger partial charge is 0.490 e. The highest BCUT2D eigenvalue weighted by atomic mass is 32.2. The third-order valence-corrected chi connectivity index (χ3v) is 5.75. The molecule has 0 aliphatic heterocycles. The number of nitrogens with zero attached hydrogens (tertiary/aromatic N) is 2. The van der Waals surface area contributed by atoms with Crippen LogP contribution >= 0.6 is 0 Å². The number of hydrogen-bond donors (Lipinski definition) is 0. The van der Waals surface area contributed by atoms with Gasteiger partial charge in [0.25, 0.3) is 0 Å². The van der Waals surface area contributed by atoms with E-state index >= 15 is 0 Å². The van der Waals surface area contributed by atoms with E-state index < -0.39 is 14.9 Å². The minimum Gasteiger partial charge on any atom is -0.490 e. The Morgan fingerprint density at radius 2 is 1.84 bits per heavy atom. The maximum atomic E-state index is 12.8. The third-order valence-electron chi connectivity index (χ3n) is 3.95. The van der Waals surface area contributed by atoms with E-state index in [2.05, 4.69) is 0 Å². The van der Waals surface area contributed by atoms with E-state index in [0.717, 1.165) is 22.8 Å². The van der Waals surface area contributed by atoms with Crippen molar-refractivity contribution >= 4 is 15.7 Å². The van der Waals surface area contributed by atoms with Crippen molar-refractivity contribution in [3.8, 4) is 5.75 Å². The van der Waals surface area contributed by atoms with Gasteiger partial charge in [0.05, 0.1) is 16.9 Å². The lowest BCUT2D eigenvalue weighted by Gasteiger charge is -2.19. The lowest BCUT2D eigenvalue weighted by atomic mass is 10.1. The first-order chi connectivity index (χ1) is 11.7. The number of methoxy groups -OCH3 is 1. The molecule has 0 saturated heterocycles. The van der Waals surface area contributed by atoms with Gasteiger partial charge < -0.3 is 4.74 Å². The molecule has 134 valence electrons. The lowest BCUT2D eigenvalue weighted by Crippen LogP contribution is -2.27. The van der Waals surface area contributed by atoms with Crippen molar-refractivity contribution in [1.82, 2.24) is 4.31 Å². The molecule has 0 saturated carbocycles. The maximum Gasteiger partial charge on any atom is 0.312 e. The summed E-state index contributed by atoms with van der Waals surface area (Å²) in [5.41, 5.74) is 2.57. The Morgan fingerprint density at radius 3 is 2.40 bits per heavy atom. The molecule has 8 heteroatoms. The molecule has 0 heterocycles. The van der Waals surface area contributed by atoms with Crippen molar-refractivity contribution in [1.29, 1.82) is 0 Å². The molecule has 0 atom stereocenters. The highest BCUT2D eigenvalue weighted by Gasteiger charge is 2.26. The Bertz CT molecular complexity index is 909. The minimum absolute atomic E-state index is 0.0148. The Morgan fingerprint density at radius 1 is 1.16 bits per heavy atom. The smallest absolute Gasteiger partial charge is 0.312 e. The van der Waals surface area contributed by atoms with E-state index in [0.29, 0.717) is 0 Å². The van der Waals surface area contributed by atoms with Crippen LogP contribution in [-0.2, 0) is 16.6 Å². The minimum atomic E-state index is -3.87. The van der Waals surface area contributed by atoms with Crippen LogP contribution in [0.2, 0.25) is 0 Å². The molecule has 0 spiro atoms. The zero-order chi connectivity index (χ0) is 18.8. The van der Waals surface area contributed by atoms with Crippen LogP contribution in [0, 0.1) is 24.0 Å². The quantitative estimate of drug-likeness (QED) is 0.580. The summed E-state index contributed by atoms with van der Waals surface area (Å²) in [5.74, 6) is 0.0148. The number of ether oxygens (including phenoxy) is 1. The van der Waals surface area contributed by atoms with Crippen molar-refractivity contribution in [2.24, 2.45) is 0 Å². The van der Waals surface area contributed by atoms with Gasteiger partial charge in [0.15, 0.2) is 5.75 Å². The average Bonchev–Trinajstić information content (AvgIpc) is 2.56. The SMILES string of the molecule is COc1ccc(S(=O)(=O)N(C)Cc2ccc(C)cc2C)cc1[N+](=O)[O-]. The van der Waals surface area contributed by atoms with E-state index in [-0.39, 0.29) is 22.9 Å². The van der Waals surface area contributed by atoms with Crippen LogP contribution in [0.3, 0.4) is 0 Å². The number of rotatable bonds is 6. The van der Waals surface area contributed by atoms with Gasteiger partial charge in [-0.3, -0.25) is 10.1 Å². The summed E-state index contributed by atoms with van der Waals surface area (Å²) in [7, 11) is -1.13. The Labute approximate surface area is 147 Å². The lowest BCUT2D eigenvalue weighted by molar-refractivity contribution is -0.386. The summed E-state index contributed by atoms with van der Waals surface area (Å²) in [5, 5.41) is 11.1. The van der Waals surface area contributed by atoms with E-state index in [1.807, 2.05) is 32.0 Å². The van der Waals surface area contributed by atoms with Crippen LogP contribution in [0.1, 0.15) is 16.7 Å². The van der Waals surface area contributed by atoms with E-state index in [9.17, 15) is 18.5 Å². The Kier molecular flexibility index (Phi) is 5.44. The Hall–Kier alpha value is -2.45. The number of nitro groups is 1. The van der Waals surface area contributed by atoms with Crippen LogP contribution in [0.5, 0.6) is 5.75 Å². The molecule has 2 rings (SSSR count). The van der Waals surface area contributed by atoms with Crippen LogP contribution in [0.15, 0.2) is 41.3 Å². The highest BCUT2D eigenvalue weighted by Crippen LogP contribution is 2.30. The van der Waals surface area contributed by atoms with Crippen LogP contribution < -0.4 is 4.74 Å². The van der Waals surface area contributed by atoms with Gasteiger partial charge in [0, 0.05) is 19.7 Å². The summed E-state index contributed by atoms with van der Waals surface area (Å²) in [6, 6.07) is 9.39. The molecule has 0 fully saturated rings. The summed E-state index contributed by atoms with van der Waals surface area (Å²) >= 11 is 0. The molecule has 0 aliphatic rings. The zero-order valence-corrected chi connectivity index (χ0v) is 15.3. The second kappa shape index (κ2) is 7.20. The van der Waals surface area contributed by atoms with Gasteiger partial charge in [0.2, 0.25) is 10.0 Å². The van der Waals surface area contributed by atoms with Crippen molar-refractivity contribution in [3.05, 3.63) is 63.2 Å².